The molecule has 0 aliphatic rings. The van der Waals surface area contributed by atoms with Crippen LogP contribution in [0.3, 0.4) is 0 Å². The summed E-state index contributed by atoms with van der Waals surface area (Å²) in [5.41, 5.74) is 1.92. The zero-order valence-corrected chi connectivity index (χ0v) is 12.3. The number of carbonyl (C=O) groups is 1. The molecule has 0 radical (unpaired) electrons. The highest BCUT2D eigenvalue weighted by Gasteiger charge is 2.02. The van der Waals surface area contributed by atoms with Gasteiger partial charge in [-0.05, 0) is 43.7 Å². The maximum Gasteiger partial charge on any atom is 0.238 e. The van der Waals surface area contributed by atoms with Gasteiger partial charge in [-0.25, -0.2) is 0 Å². The number of ether oxygens (including phenoxy) is 1. The van der Waals surface area contributed by atoms with Crippen LogP contribution >= 0.6 is 15.9 Å². The molecule has 1 amide bonds. The number of rotatable bonds is 7. The summed E-state index contributed by atoms with van der Waals surface area (Å²) in [6, 6.07) is 5.74. The number of methoxy groups -OCH3 is 1. The van der Waals surface area contributed by atoms with Crippen LogP contribution in [0.1, 0.15) is 12.0 Å². The number of benzene rings is 1. The van der Waals surface area contributed by atoms with E-state index >= 15 is 0 Å². The minimum Gasteiger partial charge on any atom is -0.385 e. The molecule has 0 fully saturated rings. The van der Waals surface area contributed by atoms with Gasteiger partial charge in [-0.1, -0.05) is 15.9 Å². The molecule has 1 rings (SSSR count). The van der Waals surface area contributed by atoms with Gasteiger partial charge in [-0.2, -0.15) is 0 Å². The predicted octanol–water partition coefficient (Wildman–Crippen LogP) is 2.32. The van der Waals surface area contributed by atoms with Crippen molar-refractivity contribution in [3.8, 4) is 0 Å². The number of hydrogen-bond acceptors (Lipinski definition) is 3. The number of nitrogens with one attached hydrogen (secondary N) is 2. The first-order valence-electron chi connectivity index (χ1n) is 5.89. The van der Waals surface area contributed by atoms with Gasteiger partial charge in [0, 0.05) is 23.9 Å². The third-order valence-corrected chi connectivity index (χ3v) is 3.32. The second kappa shape index (κ2) is 8.24. The van der Waals surface area contributed by atoms with Gasteiger partial charge in [0.1, 0.15) is 0 Å². The Morgan fingerprint density at radius 3 is 2.89 bits per heavy atom. The standard InChI is InChI=1S/C13H19BrN2O2/c1-10-8-11(4-5-12(10)14)16-13(17)9-15-6-3-7-18-2/h4-5,8,15H,3,6-7,9H2,1-2H3,(H,16,17). The largest absolute Gasteiger partial charge is 0.385 e. The lowest BCUT2D eigenvalue weighted by Crippen LogP contribution is -2.29. The van der Waals surface area contributed by atoms with Crippen molar-refractivity contribution in [2.45, 2.75) is 13.3 Å². The van der Waals surface area contributed by atoms with Crippen LogP contribution in [0.15, 0.2) is 22.7 Å². The molecule has 0 aliphatic heterocycles. The topological polar surface area (TPSA) is 50.4 Å². The smallest absolute Gasteiger partial charge is 0.238 e. The zero-order chi connectivity index (χ0) is 13.4. The van der Waals surface area contributed by atoms with Gasteiger partial charge in [-0.15, -0.1) is 0 Å². The van der Waals surface area contributed by atoms with Crippen molar-refractivity contribution in [1.29, 1.82) is 0 Å². The number of hydrogen-bond donors (Lipinski definition) is 2. The minimum atomic E-state index is -0.0332. The van der Waals surface area contributed by atoms with Crippen LogP contribution in [0.25, 0.3) is 0 Å². The number of halogens is 1. The van der Waals surface area contributed by atoms with Crippen molar-refractivity contribution in [3.05, 3.63) is 28.2 Å². The van der Waals surface area contributed by atoms with Crippen LogP contribution in [0.5, 0.6) is 0 Å². The molecule has 0 atom stereocenters. The van der Waals surface area contributed by atoms with Crippen LogP contribution in [0.4, 0.5) is 5.69 Å². The summed E-state index contributed by atoms with van der Waals surface area (Å²) in [6.45, 7) is 3.79. The van der Waals surface area contributed by atoms with Crippen LogP contribution < -0.4 is 10.6 Å². The van der Waals surface area contributed by atoms with Crippen molar-refractivity contribution < 1.29 is 9.53 Å². The molecule has 0 bridgehead atoms. The average Bonchev–Trinajstić information content (AvgIpc) is 2.34. The van der Waals surface area contributed by atoms with Crippen molar-refractivity contribution in [2.75, 3.05) is 32.1 Å². The molecule has 0 aliphatic carbocycles. The lowest BCUT2D eigenvalue weighted by atomic mass is 10.2. The van der Waals surface area contributed by atoms with Gasteiger partial charge in [0.2, 0.25) is 5.91 Å². The molecule has 0 heterocycles. The van der Waals surface area contributed by atoms with E-state index in [1.54, 1.807) is 7.11 Å². The Morgan fingerprint density at radius 2 is 2.22 bits per heavy atom. The van der Waals surface area contributed by atoms with Crippen LogP contribution in [0.2, 0.25) is 0 Å². The Hall–Kier alpha value is -0.910. The van der Waals surface area contributed by atoms with E-state index in [-0.39, 0.29) is 5.91 Å². The summed E-state index contributed by atoms with van der Waals surface area (Å²) in [6.07, 6.45) is 0.904. The van der Waals surface area contributed by atoms with Crippen LogP contribution in [-0.2, 0) is 9.53 Å². The first kappa shape index (κ1) is 15.1. The summed E-state index contributed by atoms with van der Waals surface area (Å²) < 4.78 is 5.96. The van der Waals surface area contributed by atoms with Gasteiger partial charge in [0.15, 0.2) is 0 Å². The normalized spacial score (nSPS) is 10.4. The summed E-state index contributed by atoms with van der Waals surface area (Å²) in [5, 5.41) is 5.91. The summed E-state index contributed by atoms with van der Waals surface area (Å²) in [7, 11) is 1.67. The van der Waals surface area contributed by atoms with Gasteiger partial charge in [0.25, 0.3) is 0 Å². The van der Waals surface area contributed by atoms with Gasteiger partial charge < -0.3 is 15.4 Å². The molecule has 2 N–H and O–H groups in total. The molecule has 1 aromatic carbocycles. The fraction of sp³-hybridized carbons (Fsp3) is 0.462. The first-order valence-corrected chi connectivity index (χ1v) is 6.68. The minimum absolute atomic E-state index is 0.0332. The Labute approximate surface area is 116 Å². The third-order valence-electron chi connectivity index (χ3n) is 2.43. The molecule has 18 heavy (non-hydrogen) atoms. The highest BCUT2D eigenvalue weighted by Crippen LogP contribution is 2.19. The average molecular weight is 315 g/mol. The predicted molar refractivity (Wildman–Crippen MR) is 76.9 cm³/mol. The lowest BCUT2D eigenvalue weighted by molar-refractivity contribution is -0.115. The summed E-state index contributed by atoms with van der Waals surface area (Å²) in [4.78, 5) is 11.6. The summed E-state index contributed by atoms with van der Waals surface area (Å²) in [5.74, 6) is -0.0332. The second-order valence-corrected chi connectivity index (χ2v) is 4.89. The summed E-state index contributed by atoms with van der Waals surface area (Å²) >= 11 is 3.42. The SMILES string of the molecule is COCCCNCC(=O)Nc1ccc(Br)c(C)c1. The number of aryl methyl sites for hydroxylation is 1. The maximum absolute atomic E-state index is 11.6. The number of amides is 1. The van der Waals surface area contributed by atoms with E-state index in [1.807, 2.05) is 25.1 Å². The molecule has 100 valence electrons. The maximum atomic E-state index is 11.6. The molecular weight excluding hydrogens is 296 g/mol. The monoisotopic (exact) mass is 314 g/mol. The zero-order valence-electron chi connectivity index (χ0n) is 10.8. The van der Waals surface area contributed by atoms with E-state index in [0.29, 0.717) is 13.2 Å². The fourth-order valence-corrected chi connectivity index (χ4v) is 1.72. The van der Waals surface area contributed by atoms with E-state index in [9.17, 15) is 4.79 Å². The van der Waals surface area contributed by atoms with Crippen molar-refractivity contribution in [3.63, 3.8) is 0 Å². The third kappa shape index (κ3) is 5.62. The van der Waals surface area contributed by atoms with Crippen molar-refractivity contribution in [1.82, 2.24) is 5.32 Å². The number of carbonyl (C=O) groups excluding carboxylic acids is 1. The highest BCUT2D eigenvalue weighted by molar-refractivity contribution is 9.10. The molecule has 0 saturated carbocycles. The van der Waals surface area contributed by atoms with Crippen LogP contribution in [0, 0.1) is 6.92 Å². The second-order valence-electron chi connectivity index (χ2n) is 4.04. The van der Waals surface area contributed by atoms with E-state index in [0.717, 1.165) is 28.7 Å². The van der Waals surface area contributed by atoms with E-state index in [1.165, 1.54) is 0 Å². The molecule has 0 unspecified atom stereocenters. The quantitative estimate of drug-likeness (QED) is 0.759. The Kier molecular flexibility index (Phi) is 6.93. The van der Waals surface area contributed by atoms with E-state index in [4.69, 9.17) is 4.74 Å². The molecule has 0 spiro atoms. The fourth-order valence-electron chi connectivity index (χ4n) is 1.47. The van der Waals surface area contributed by atoms with Crippen LogP contribution in [-0.4, -0.2) is 32.7 Å². The van der Waals surface area contributed by atoms with E-state index < -0.39 is 0 Å². The van der Waals surface area contributed by atoms with Crippen molar-refractivity contribution >= 4 is 27.5 Å². The molecule has 0 aromatic heterocycles. The Morgan fingerprint density at radius 1 is 1.44 bits per heavy atom. The van der Waals surface area contributed by atoms with Gasteiger partial charge in [-0.3, -0.25) is 4.79 Å². The molecule has 0 saturated heterocycles. The van der Waals surface area contributed by atoms with Crippen molar-refractivity contribution in [2.24, 2.45) is 0 Å². The highest BCUT2D eigenvalue weighted by atomic mass is 79.9. The first-order chi connectivity index (χ1) is 8.63. The molecule has 1 aromatic rings. The van der Waals surface area contributed by atoms with Gasteiger partial charge >= 0.3 is 0 Å². The van der Waals surface area contributed by atoms with Gasteiger partial charge in [0.05, 0.1) is 6.54 Å². The van der Waals surface area contributed by atoms with E-state index in [2.05, 4.69) is 26.6 Å². The molecule has 4 nitrogen and oxygen atoms in total. The molecule has 5 heteroatoms. The Bertz CT molecular complexity index is 397. The molecular formula is C13H19BrN2O2. The number of anilines is 1. The Balaban J connectivity index is 2.29. The lowest BCUT2D eigenvalue weighted by Gasteiger charge is -2.08.